The molecule has 1 aromatic heterocycles. The van der Waals surface area contributed by atoms with Crippen LogP contribution in [-0.2, 0) is 0 Å². The zero-order chi connectivity index (χ0) is 11.5. The summed E-state index contributed by atoms with van der Waals surface area (Å²) < 4.78 is 0. The molecule has 88 valence electrons. The Labute approximate surface area is 97.7 Å². The van der Waals surface area contributed by atoms with E-state index in [0.717, 1.165) is 5.92 Å². The molecule has 16 heavy (non-hydrogen) atoms. The predicted molar refractivity (Wildman–Crippen MR) is 68.5 cm³/mol. The lowest BCUT2D eigenvalue weighted by atomic mass is 9.85. The second-order valence-electron chi connectivity index (χ2n) is 4.88. The number of nitrogens with two attached hydrogens (primary N) is 1. The maximum absolute atomic E-state index is 5.72. The van der Waals surface area contributed by atoms with Gasteiger partial charge in [0, 0.05) is 31.0 Å². The van der Waals surface area contributed by atoms with E-state index in [1.807, 2.05) is 12.1 Å². The Kier molecular flexibility index (Phi) is 3.32. The number of hydrogen-bond acceptors (Lipinski definition) is 3. The molecule has 3 nitrogen and oxygen atoms in total. The summed E-state index contributed by atoms with van der Waals surface area (Å²) in [7, 11) is 2.17. The highest BCUT2D eigenvalue weighted by Gasteiger charge is 2.25. The summed E-state index contributed by atoms with van der Waals surface area (Å²) in [4.78, 5) is 6.40. The summed E-state index contributed by atoms with van der Waals surface area (Å²) in [6.07, 6.45) is 7.15. The Morgan fingerprint density at radius 1 is 1.38 bits per heavy atom. The Morgan fingerprint density at radius 3 is 2.81 bits per heavy atom. The minimum Gasteiger partial charge on any atom is -0.384 e. The van der Waals surface area contributed by atoms with Gasteiger partial charge in [0.2, 0.25) is 0 Å². The summed E-state index contributed by atoms with van der Waals surface area (Å²) in [6.45, 7) is 2.35. The smallest absolute Gasteiger partial charge is 0.125 e. The second-order valence-corrected chi connectivity index (χ2v) is 4.88. The van der Waals surface area contributed by atoms with Gasteiger partial charge in [-0.05, 0) is 24.8 Å². The topological polar surface area (TPSA) is 42.2 Å². The molecule has 2 N–H and O–H groups in total. The Balaban J connectivity index is 2.14. The third-order valence-corrected chi connectivity index (χ3v) is 3.74. The van der Waals surface area contributed by atoms with Crippen molar-refractivity contribution in [3.63, 3.8) is 0 Å². The van der Waals surface area contributed by atoms with Crippen LogP contribution >= 0.6 is 0 Å². The van der Waals surface area contributed by atoms with Gasteiger partial charge in [-0.2, -0.15) is 0 Å². The van der Waals surface area contributed by atoms with E-state index in [-0.39, 0.29) is 0 Å². The van der Waals surface area contributed by atoms with Crippen molar-refractivity contribution in [2.24, 2.45) is 5.92 Å². The van der Waals surface area contributed by atoms with Crippen LogP contribution in [0, 0.1) is 5.92 Å². The molecule has 0 spiro atoms. The van der Waals surface area contributed by atoms with Gasteiger partial charge in [-0.3, -0.25) is 0 Å². The number of anilines is 2. The zero-order valence-electron chi connectivity index (χ0n) is 10.2. The lowest BCUT2D eigenvalue weighted by Crippen LogP contribution is -2.39. The fraction of sp³-hybridized carbons (Fsp3) is 0.615. The number of hydrogen-bond donors (Lipinski definition) is 1. The van der Waals surface area contributed by atoms with E-state index < -0.39 is 0 Å². The van der Waals surface area contributed by atoms with Crippen LogP contribution in [0.2, 0.25) is 0 Å². The summed E-state index contributed by atoms with van der Waals surface area (Å²) in [5.74, 6) is 1.38. The SMILES string of the molecule is CC1CCCCC1N(C)c1ccnc(N)c1. The van der Waals surface area contributed by atoms with Crippen LogP contribution in [0.1, 0.15) is 32.6 Å². The first kappa shape index (κ1) is 11.2. The number of nitrogen functional groups attached to an aromatic ring is 1. The molecule has 1 saturated carbocycles. The second kappa shape index (κ2) is 4.73. The minimum atomic E-state index is 0.604. The van der Waals surface area contributed by atoms with Crippen LogP contribution in [0.3, 0.4) is 0 Å². The largest absolute Gasteiger partial charge is 0.384 e. The number of rotatable bonds is 2. The van der Waals surface area contributed by atoms with Crippen LogP contribution in [0.5, 0.6) is 0 Å². The molecule has 1 fully saturated rings. The predicted octanol–water partition coefficient (Wildman–Crippen LogP) is 2.68. The standard InChI is InChI=1S/C13H21N3/c1-10-5-3-4-6-12(10)16(2)11-7-8-15-13(14)9-11/h7-10,12H,3-6H2,1-2H3,(H2,14,15). The molecule has 3 heteroatoms. The van der Waals surface area contributed by atoms with Crippen molar-refractivity contribution in [1.29, 1.82) is 0 Å². The average Bonchev–Trinajstić information content (AvgIpc) is 2.29. The van der Waals surface area contributed by atoms with Gasteiger partial charge in [0.25, 0.3) is 0 Å². The van der Waals surface area contributed by atoms with Crippen molar-refractivity contribution in [1.82, 2.24) is 4.98 Å². The first-order chi connectivity index (χ1) is 7.68. The molecule has 0 aliphatic heterocycles. The van der Waals surface area contributed by atoms with Crippen molar-refractivity contribution >= 4 is 11.5 Å². The molecule has 1 heterocycles. The molecule has 0 amide bonds. The van der Waals surface area contributed by atoms with E-state index in [1.54, 1.807) is 6.20 Å². The molecular formula is C13H21N3. The summed E-state index contributed by atoms with van der Waals surface area (Å²) in [5.41, 5.74) is 6.91. The highest BCUT2D eigenvalue weighted by atomic mass is 15.1. The first-order valence-electron chi connectivity index (χ1n) is 6.13. The van der Waals surface area contributed by atoms with Gasteiger partial charge in [0.15, 0.2) is 0 Å². The first-order valence-corrected chi connectivity index (χ1v) is 6.13. The Bertz CT molecular complexity index is 351. The molecule has 2 atom stereocenters. The van der Waals surface area contributed by atoms with Crippen LogP contribution in [-0.4, -0.2) is 18.1 Å². The van der Waals surface area contributed by atoms with Crippen LogP contribution in [0.4, 0.5) is 11.5 Å². The Hall–Kier alpha value is -1.25. The quantitative estimate of drug-likeness (QED) is 0.831. The maximum atomic E-state index is 5.72. The maximum Gasteiger partial charge on any atom is 0.125 e. The van der Waals surface area contributed by atoms with Gasteiger partial charge < -0.3 is 10.6 Å². The van der Waals surface area contributed by atoms with Crippen molar-refractivity contribution < 1.29 is 0 Å². The van der Waals surface area contributed by atoms with Gasteiger partial charge in [0.05, 0.1) is 0 Å². The van der Waals surface area contributed by atoms with Crippen LogP contribution in [0.15, 0.2) is 18.3 Å². The fourth-order valence-electron chi connectivity index (χ4n) is 2.72. The van der Waals surface area contributed by atoms with E-state index in [1.165, 1.54) is 31.4 Å². The highest BCUT2D eigenvalue weighted by Crippen LogP contribution is 2.30. The average molecular weight is 219 g/mol. The lowest BCUT2D eigenvalue weighted by molar-refractivity contribution is 0.321. The lowest BCUT2D eigenvalue weighted by Gasteiger charge is -2.37. The number of aromatic nitrogens is 1. The molecule has 1 aromatic rings. The molecule has 0 bridgehead atoms. The summed E-state index contributed by atoms with van der Waals surface area (Å²) in [5, 5.41) is 0. The molecular weight excluding hydrogens is 198 g/mol. The van der Waals surface area contributed by atoms with E-state index >= 15 is 0 Å². The van der Waals surface area contributed by atoms with Crippen molar-refractivity contribution in [2.75, 3.05) is 17.7 Å². The van der Waals surface area contributed by atoms with Crippen LogP contribution < -0.4 is 10.6 Å². The summed E-state index contributed by atoms with van der Waals surface area (Å²) in [6, 6.07) is 4.65. The van der Waals surface area contributed by atoms with E-state index in [2.05, 4.69) is 23.9 Å². The number of nitrogens with zero attached hydrogens (tertiary/aromatic N) is 2. The van der Waals surface area contributed by atoms with E-state index in [4.69, 9.17) is 5.73 Å². The minimum absolute atomic E-state index is 0.604. The van der Waals surface area contributed by atoms with Gasteiger partial charge in [-0.1, -0.05) is 19.8 Å². The van der Waals surface area contributed by atoms with Crippen molar-refractivity contribution in [2.45, 2.75) is 38.6 Å². The van der Waals surface area contributed by atoms with Gasteiger partial charge in [-0.25, -0.2) is 4.98 Å². The monoisotopic (exact) mass is 219 g/mol. The molecule has 1 aliphatic carbocycles. The Morgan fingerprint density at radius 2 is 2.12 bits per heavy atom. The molecule has 1 aliphatic rings. The third kappa shape index (κ3) is 2.29. The van der Waals surface area contributed by atoms with Gasteiger partial charge >= 0.3 is 0 Å². The molecule has 0 aromatic carbocycles. The van der Waals surface area contributed by atoms with E-state index in [0.29, 0.717) is 11.9 Å². The molecule has 0 radical (unpaired) electrons. The van der Waals surface area contributed by atoms with E-state index in [9.17, 15) is 0 Å². The van der Waals surface area contributed by atoms with Crippen molar-refractivity contribution in [3.8, 4) is 0 Å². The third-order valence-electron chi connectivity index (χ3n) is 3.74. The highest BCUT2D eigenvalue weighted by molar-refractivity contribution is 5.52. The molecule has 0 saturated heterocycles. The van der Waals surface area contributed by atoms with Crippen LogP contribution in [0.25, 0.3) is 0 Å². The summed E-state index contributed by atoms with van der Waals surface area (Å²) >= 11 is 0. The molecule has 2 unspecified atom stereocenters. The zero-order valence-corrected chi connectivity index (χ0v) is 10.2. The van der Waals surface area contributed by atoms with Gasteiger partial charge in [-0.15, -0.1) is 0 Å². The molecule has 2 rings (SSSR count). The van der Waals surface area contributed by atoms with Crippen molar-refractivity contribution in [3.05, 3.63) is 18.3 Å². The number of pyridine rings is 1. The normalized spacial score (nSPS) is 25.4. The van der Waals surface area contributed by atoms with Gasteiger partial charge in [0.1, 0.15) is 5.82 Å². The fourth-order valence-corrected chi connectivity index (χ4v) is 2.72.